The average molecular weight is 553 g/mol. The Kier molecular flexibility index (Phi) is 5.37. The average Bonchev–Trinajstić information content (AvgIpc) is 3.51. The number of rotatable bonds is 3. The van der Waals surface area contributed by atoms with Gasteiger partial charge >= 0.3 is 0 Å². The van der Waals surface area contributed by atoms with Gasteiger partial charge in [-0.3, -0.25) is 4.90 Å². The molecule has 2 atom stereocenters. The molecule has 1 aromatic heterocycles. The van der Waals surface area contributed by atoms with Crippen molar-refractivity contribution in [3.63, 3.8) is 0 Å². The zero-order chi connectivity index (χ0) is 28.7. The number of para-hydroxylation sites is 2. The quantitative estimate of drug-likeness (QED) is 0.263. The Labute approximate surface area is 248 Å². The molecule has 0 saturated carbocycles. The first-order valence-corrected chi connectivity index (χ1v) is 15.1. The molecule has 0 radical (unpaired) electrons. The number of anilines is 4. The number of hydrogen-bond acceptors (Lipinski definition) is 6. The van der Waals surface area contributed by atoms with E-state index in [-0.39, 0.29) is 17.7 Å². The van der Waals surface area contributed by atoms with Crippen molar-refractivity contribution in [3.8, 4) is 11.4 Å². The summed E-state index contributed by atoms with van der Waals surface area (Å²) in [6.07, 6.45) is 8.51. The summed E-state index contributed by atoms with van der Waals surface area (Å²) in [6.45, 7) is 6.86. The summed E-state index contributed by atoms with van der Waals surface area (Å²) in [6, 6.07) is 26.5. The van der Waals surface area contributed by atoms with Gasteiger partial charge in [-0.15, -0.1) is 0 Å². The molecule has 4 aliphatic heterocycles. The first kappa shape index (κ1) is 25.2. The number of aryl methyl sites for hydroxylation is 1. The van der Waals surface area contributed by atoms with Gasteiger partial charge in [-0.2, -0.15) is 0 Å². The second-order valence-electron chi connectivity index (χ2n) is 12.0. The minimum Gasteiger partial charge on any atom is -0.355 e. The molecule has 3 aromatic carbocycles. The lowest BCUT2D eigenvalue weighted by molar-refractivity contribution is 0.379. The van der Waals surface area contributed by atoms with Gasteiger partial charge < -0.3 is 14.7 Å². The molecular formula is C36H36N6. The Morgan fingerprint density at radius 1 is 0.762 bits per heavy atom. The maximum Gasteiger partial charge on any atom is 0.162 e. The summed E-state index contributed by atoms with van der Waals surface area (Å²) in [4.78, 5) is 20.0. The van der Waals surface area contributed by atoms with E-state index in [2.05, 4.69) is 140 Å². The molecule has 4 aliphatic rings. The van der Waals surface area contributed by atoms with Gasteiger partial charge in [0.2, 0.25) is 0 Å². The Hall–Kier alpha value is -4.58. The van der Waals surface area contributed by atoms with Crippen LogP contribution < -0.4 is 14.7 Å². The van der Waals surface area contributed by atoms with Crippen LogP contribution in [0.15, 0.2) is 97.0 Å². The highest BCUT2D eigenvalue weighted by molar-refractivity contribution is 5.97. The Bertz CT molecular complexity index is 1800. The highest BCUT2D eigenvalue weighted by Crippen LogP contribution is 2.60. The van der Waals surface area contributed by atoms with E-state index >= 15 is 0 Å². The molecule has 0 N–H and O–H groups in total. The number of nitrogens with zero attached hydrogens (tertiary/aromatic N) is 6. The van der Waals surface area contributed by atoms with Gasteiger partial charge in [0.25, 0.3) is 0 Å². The fourth-order valence-electron chi connectivity index (χ4n) is 8.08. The summed E-state index contributed by atoms with van der Waals surface area (Å²) in [5.74, 6) is 1.74. The van der Waals surface area contributed by atoms with Gasteiger partial charge in [0.15, 0.2) is 11.6 Å². The van der Waals surface area contributed by atoms with Crippen LogP contribution in [0.25, 0.3) is 17.0 Å². The van der Waals surface area contributed by atoms with Crippen LogP contribution in [-0.2, 0) is 5.41 Å². The van der Waals surface area contributed by atoms with Crippen molar-refractivity contribution in [3.05, 3.63) is 114 Å². The molecule has 0 saturated heterocycles. The number of fused-ring (bicyclic) bond motifs is 11. The van der Waals surface area contributed by atoms with Crippen LogP contribution in [0.4, 0.5) is 22.9 Å². The van der Waals surface area contributed by atoms with Crippen LogP contribution in [-0.4, -0.2) is 41.3 Å². The third-order valence-electron chi connectivity index (χ3n) is 10.1. The van der Waals surface area contributed by atoms with Crippen molar-refractivity contribution < 1.29 is 0 Å². The van der Waals surface area contributed by atoms with E-state index in [0.29, 0.717) is 0 Å². The van der Waals surface area contributed by atoms with Gasteiger partial charge in [-0.05, 0) is 48.6 Å². The highest BCUT2D eigenvalue weighted by atomic mass is 15.5. The van der Waals surface area contributed by atoms with E-state index in [1.807, 2.05) is 6.20 Å². The number of benzene rings is 3. The van der Waals surface area contributed by atoms with Crippen molar-refractivity contribution >= 4 is 28.5 Å². The van der Waals surface area contributed by atoms with Gasteiger partial charge in [0.1, 0.15) is 18.0 Å². The minimum atomic E-state index is -0.158. The number of allylic oxidation sites excluding steroid dienone is 1. The molecular weight excluding hydrogens is 516 g/mol. The van der Waals surface area contributed by atoms with Crippen molar-refractivity contribution in [2.75, 3.05) is 28.8 Å². The molecule has 8 rings (SSSR count). The molecule has 0 bridgehead atoms. The number of aromatic nitrogens is 2. The summed E-state index contributed by atoms with van der Waals surface area (Å²) < 4.78 is 0. The lowest BCUT2D eigenvalue weighted by Gasteiger charge is -2.46. The summed E-state index contributed by atoms with van der Waals surface area (Å²) >= 11 is 0. The van der Waals surface area contributed by atoms with Crippen LogP contribution in [0.3, 0.4) is 0 Å². The van der Waals surface area contributed by atoms with Gasteiger partial charge in [-0.1, -0.05) is 74.5 Å². The molecule has 2 unspecified atom stereocenters. The highest BCUT2D eigenvalue weighted by Gasteiger charge is 2.54. The Balaban J connectivity index is 1.48. The van der Waals surface area contributed by atoms with E-state index in [0.717, 1.165) is 35.7 Å². The van der Waals surface area contributed by atoms with Gasteiger partial charge in [0.05, 0.1) is 11.9 Å². The van der Waals surface area contributed by atoms with Crippen LogP contribution in [0, 0.1) is 6.92 Å². The van der Waals surface area contributed by atoms with E-state index in [1.54, 1.807) is 0 Å². The Morgan fingerprint density at radius 3 is 2.21 bits per heavy atom. The topological polar surface area (TPSA) is 38.7 Å². The standard InChI is InChI=1S/C36H36N6/c1-6-36(7-2)26-17-11-13-19-28(26)42-33-29(22-37-32(38-33)24-15-9-8-14-23(24)3)40(5)35(42)30-31(36)25-16-10-12-18-27(25)41-21-20-39(4)34(30)41/h8-22,34-35H,6-7H2,1-5H3. The van der Waals surface area contributed by atoms with Crippen molar-refractivity contribution in [1.29, 1.82) is 0 Å². The van der Waals surface area contributed by atoms with E-state index in [4.69, 9.17) is 9.97 Å². The van der Waals surface area contributed by atoms with Crippen LogP contribution in [0.5, 0.6) is 0 Å². The molecule has 4 aromatic rings. The fraction of sp³-hybridized carbons (Fsp3) is 0.278. The molecule has 42 heavy (non-hydrogen) atoms. The SMILES string of the molecule is CCC1(CC)C2=C(C3N(C)C=CN3c3ccccc32)C2N(C)c3cnc(-c4ccccc4C)nc3N2c2ccccc21. The fourth-order valence-corrected chi connectivity index (χ4v) is 8.08. The largest absolute Gasteiger partial charge is 0.355 e. The van der Waals surface area contributed by atoms with Crippen molar-refractivity contribution in [1.82, 2.24) is 14.9 Å². The second kappa shape index (κ2) is 8.96. The number of hydrogen-bond donors (Lipinski definition) is 0. The number of likely N-dealkylation sites (N-methyl/N-ethyl adjacent to an activating group) is 2. The molecule has 210 valence electrons. The smallest absolute Gasteiger partial charge is 0.162 e. The third kappa shape index (κ3) is 3.10. The first-order chi connectivity index (χ1) is 20.5. The van der Waals surface area contributed by atoms with Crippen molar-refractivity contribution in [2.24, 2.45) is 0 Å². The molecule has 0 spiro atoms. The second-order valence-corrected chi connectivity index (χ2v) is 12.0. The molecule has 6 nitrogen and oxygen atoms in total. The van der Waals surface area contributed by atoms with Gasteiger partial charge in [0, 0.05) is 54.3 Å². The maximum absolute atomic E-state index is 5.35. The Morgan fingerprint density at radius 2 is 1.45 bits per heavy atom. The third-order valence-corrected chi connectivity index (χ3v) is 10.1. The predicted molar refractivity (Wildman–Crippen MR) is 172 cm³/mol. The summed E-state index contributed by atoms with van der Waals surface area (Å²) in [7, 11) is 4.42. The van der Waals surface area contributed by atoms with Crippen LogP contribution in [0.1, 0.15) is 43.4 Å². The van der Waals surface area contributed by atoms with Crippen LogP contribution in [0.2, 0.25) is 0 Å². The minimum absolute atomic E-state index is 0.0549. The lowest BCUT2D eigenvalue weighted by atomic mass is 9.65. The summed E-state index contributed by atoms with van der Waals surface area (Å²) in [5.41, 5.74) is 11.2. The van der Waals surface area contributed by atoms with E-state index < -0.39 is 0 Å². The van der Waals surface area contributed by atoms with E-state index in [1.165, 1.54) is 39.2 Å². The molecule has 6 heteroatoms. The maximum atomic E-state index is 5.35. The molecule has 0 aliphatic carbocycles. The van der Waals surface area contributed by atoms with Gasteiger partial charge in [-0.25, -0.2) is 9.97 Å². The summed E-state index contributed by atoms with van der Waals surface area (Å²) in [5, 5.41) is 0. The monoisotopic (exact) mass is 552 g/mol. The lowest BCUT2D eigenvalue weighted by Crippen LogP contribution is -2.52. The zero-order valence-corrected chi connectivity index (χ0v) is 24.9. The molecule has 0 fully saturated rings. The molecule has 0 amide bonds. The normalized spacial score (nSPS) is 21.0. The first-order valence-electron chi connectivity index (χ1n) is 15.1. The molecule has 5 heterocycles. The van der Waals surface area contributed by atoms with E-state index in [9.17, 15) is 0 Å². The van der Waals surface area contributed by atoms with Crippen molar-refractivity contribution in [2.45, 2.75) is 51.4 Å². The predicted octanol–water partition coefficient (Wildman–Crippen LogP) is 7.45. The van der Waals surface area contributed by atoms with Crippen LogP contribution >= 0.6 is 0 Å². The zero-order valence-electron chi connectivity index (χ0n) is 24.9.